The van der Waals surface area contributed by atoms with Crippen molar-refractivity contribution in [1.82, 2.24) is 0 Å². The third-order valence-electron chi connectivity index (χ3n) is 3.36. The third kappa shape index (κ3) is 2.87. The average Bonchev–Trinajstić information content (AvgIpc) is 3.19. The number of carbonyl (C=O) groups excluding carboxylic acids is 2. The lowest BCUT2D eigenvalue weighted by molar-refractivity contribution is -0.143. The van der Waals surface area contributed by atoms with Crippen LogP contribution >= 0.6 is 0 Å². The molecule has 17 heavy (non-hydrogen) atoms. The molecule has 0 heterocycles. The van der Waals surface area contributed by atoms with Crippen molar-refractivity contribution in [2.45, 2.75) is 32.1 Å². The van der Waals surface area contributed by atoms with Gasteiger partial charge in [-0.2, -0.15) is 0 Å². The minimum Gasteiger partial charge on any atom is -0.469 e. The number of hydrogen-bond donors (Lipinski definition) is 0. The van der Waals surface area contributed by atoms with E-state index in [1.54, 1.807) is 0 Å². The fourth-order valence-corrected chi connectivity index (χ4v) is 2.25. The molecule has 0 aromatic heterocycles. The summed E-state index contributed by atoms with van der Waals surface area (Å²) in [6.45, 7) is 0. The van der Waals surface area contributed by atoms with Gasteiger partial charge in [0.2, 0.25) is 0 Å². The van der Waals surface area contributed by atoms with Gasteiger partial charge in [-0.05, 0) is 37.5 Å². The predicted octanol–water partition coefficient (Wildman–Crippen LogP) is 1.84. The van der Waals surface area contributed by atoms with E-state index in [2.05, 4.69) is 4.74 Å². The first kappa shape index (κ1) is 12.1. The lowest BCUT2D eigenvalue weighted by Crippen LogP contribution is -2.15. The highest BCUT2D eigenvalue weighted by atomic mass is 16.5. The van der Waals surface area contributed by atoms with E-state index in [9.17, 15) is 9.59 Å². The van der Waals surface area contributed by atoms with E-state index in [0.717, 1.165) is 25.7 Å². The van der Waals surface area contributed by atoms with Crippen molar-refractivity contribution in [2.75, 3.05) is 14.2 Å². The van der Waals surface area contributed by atoms with Gasteiger partial charge in [-0.15, -0.1) is 0 Å². The second-order valence-corrected chi connectivity index (χ2v) is 4.73. The quantitative estimate of drug-likeness (QED) is 0.541. The third-order valence-corrected chi connectivity index (χ3v) is 3.36. The zero-order valence-electron chi connectivity index (χ0n) is 10.3. The number of methoxy groups -OCH3 is 2. The van der Waals surface area contributed by atoms with Crippen molar-refractivity contribution in [3.63, 3.8) is 0 Å². The smallest absolute Gasteiger partial charge is 0.334 e. The summed E-state index contributed by atoms with van der Waals surface area (Å²) >= 11 is 0. The van der Waals surface area contributed by atoms with Gasteiger partial charge in [-0.25, -0.2) is 4.79 Å². The molecule has 2 rings (SSSR count). The van der Waals surface area contributed by atoms with Gasteiger partial charge < -0.3 is 9.47 Å². The molecule has 0 radical (unpaired) electrons. The van der Waals surface area contributed by atoms with E-state index in [1.807, 2.05) is 0 Å². The molecule has 0 atom stereocenters. The van der Waals surface area contributed by atoms with E-state index in [1.165, 1.54) is 19.8 Å². The second kappa shape index (κ2) is 4.90. The standard InChI is InChI=1S/C13H18O4/c1-16-11(14)7-10(13(15)17-2)12(8-3-4-8)9-5-6-9/h8-9H,3-7H2,1-2H3. The molecule has 0 aromatic rings. The van der Waals surface area contributed by atoms with E-state index < -0.39 is 0 Å². The van der Waals surface area contributed by atoms with Crippen LogP contribution in [0.3, 0.4) is 0 Å². The van der Waals surface area contributed by atoms with Crippen LogP contribution in [-0.4, -0.2) is 26.2 Å². The first-order valence-electron chi connectivity index (χ1n) is 6.05. The summed E-state index contributed by atoms with van der Waals surface area (Å²) in [5, 5.41) is 0. The van der Waals surface area contributed by atoms with Crippen LogP contribution in [-0.2, 0) is 19.1 Å². The minimum absolute atomic E-state index is 0.0471. The van der Waals surface area contributed by atoms with Crippen LogP contribution in [0.5, 0.6) is 0 Å². The first-order valence-corrected chi connectivity index (χ1v) is 6.05. The van der Waals surface area contributed by atoms with Gasteiger partial charge in [0.1, 0.15) is 0 Å². The number of carbonyl (C=O) groups is 2. The van der Waals surface area contributed by atoms with Crippen LogP contribution in [0.15, 0.2) is 11.1 Å². The van der Waals surface area contributed by atoms with Crippen LogP contribution < -0.4 is 0 Å². The zero-order chi connectivity index (χ0) is 12.4. The SMILES string of the molecule is COC(=O)CC(C(=O)OC)=C(C1CC1)C1CC1. The normalized spacial score (nSPS) is 18.5. The number of allylic oxidation sites excluding steroid dienone is 1. The summed E-state index contributed by atoms with van der Waals surface area (Å²) in [5.74, 6) is 0.260. The number of hydrogen-bond acceptors (Lipinski definition) is 4. The van der Waals surface area contributed by atoms with Crippen LogP contribution in [0, 0.1) is 11.8 Å². The molecule has 0 N–H and O–H groups in total. The van der Waals surface area contributed by atoms with Gasteiger partial charge in [0.15, 0.2) is 0 Å². The lowest BCUT2D eigenvalue weighted by Gasteiger charge is -2.12. The van der Waals surface area contributed by atoms with E-state index in [-0.39, 0.29) is 18.4 Å². The van der Waals surface area contributed by atoms with Crippen molar-refractivity contribution < 1.29 is 19.1 Å². The maximum Gasteiger partial charge on any atom is 0.334 e. The minimum atomic E-state index is -0.371. The Hall–Kier alpha value is -1.32. The number of esters is 2. The van der Waals surface area contributed by atoms with Crippen molar-refractivity contribution in [3.05, 3.63) is 11.1 Å². The summed E-state index contributed by atoms with van der Waals surface area (Å²) in [7, 11) is 2.70. The highest BCUT2D eigenvalue weighted by molar-refractivity contribution is 5.94. The van der Waals surface area contributed by atoms with Gasteiger partial charge in [-0.3, -0.25) is 4.79 Å². The molecule has 0 aromatic carbocycles. The van der Waals surface area contributed by atoms with Crippen LogP contribution in [0.4, 0.5) is 0 Å². The number of ether oxygens (including phenoxy) is 2. The Morgan fingerprint density at radius 2 is 1.53 bits per heavy atom. The molecular weight excluding hydrogens is 220 g/mol. The summed E-state index contributed by atoms with van der Waals surface area (Å²) in [4.78, 5) is 23.2. The van der Waals surface area contributed by atoms with E-state index >= 15 is 0 Å². The molecule has 0 bridgehead atoms. The van der Waals surface area contributed by atoms with E-state index in [4.69, 9.17) is 4.74 Å². The molecule has 2 fully saturated rings. The topological polar surface area (TPSA) is 52.6 Å². The van der Waals surface area contributed by atoms with Crippen molar-refractivity contribution in [2.24, 2.45) is 11.8 Å². The molecule has 0 saturated heterocycles. The molecular formula is C13H18O4. The van der Waals surface area contributed by atoms with Gasteiger partial charge in [0, 0.05) is 5.57 Å². The summed E-state index contributed by atoms with van der Waals surface area (Å²) in [5.41, 5.74) is 1.71. The molecule has 94 valence electrons. The number of rotatable bonds is 5. The van der Waals surface area contributed by atoms with Gasteiger partial charge >= 0.3 is 11.9 Å². The van der Waals surface area contributed by atoms with Crippen LogP contribution in [0.1, 0.15) is 32.1 Å². The van der Waals surface area contributed by atoms with Crippen LogP contribution in [0.2, 0.25) is 0 Å². The van der Waals surface area contributed by atoms with E-state index in [0.29, 0.717) is 17.4 Å². The molecule has 0 unspecified atom stereocenters. The average molecular weight is 238 g/mol. The summed E-state index contributed by atoms with van der Waals surface area (Å²) in [6, 6.07) is 0. The maximum atomic E-state index is 11.8. The van der Waals surface area contributed by atoms with Gasteiger partial charge in [0.05, 0.1) is 20.6 Å². The summed E-state index contributed by atoms with van der Waals surface area (Å²) in [6.07, 6.45) is 4.58. The largest absolute Gasteiger partial charge is 0.469 e. The molecule has 0 spiro atoms. The molecule has 2 aliphatic carbocycles. The maximum absolute atomic E-state index is 11.8. The predicted molar refractivity (Wildman–Crippen MR) is 61.1 cm³/mol. The summed E-state index contributed by atoms with van der Waals surface area (Å²) < 4.78 is 9.43. The molecule has 4 nitrogen and oxygen atoms in total. The van der Waals surface area contributed by atoms with Crippen molar-refractivity contribution in [1.29, 1.82) is 0 Å². The highest BCUT2D eigenvalue weighted by Gasteiger charge is 2.40. The van der Waals surface area contributed by atoms with Gasteiger partial charge in [0.25, 0.3) is 0 Å². The molecule has 0 amide bonds. The van der Waals surface area contributed by atoms with Crippen molar-refractivity contribution in [3.8, 4) is 0 Å². The fraction of sp³-hybridized carbons (Fsp3) is 0.692. The fourth-order valence-electron chi connectivity index (χ4n) is 2.25. The highest BCUT2D eigenvalue weighted by Crippen LogP contribution is 2.50. The lowest BCUT2D eigenvalue weighted by atomic mass is 9.96. The molecule has 4 heteroatoms. The zero-order valence-corrected chi connectivity index (χ0v) is 10.3. The van der Waals surface area contributed by atoms with Crippen LogP contribution in [0.25, 0.3) is 0 Å². The Balaban J connectivity index is 2.24. The Kier molecular flexibility index (Phi) is 3.50. The first-order chi connectivity index (χ1) is 8.17. The molecule has 2 saturated carbocycles. The monoisotopic (exact) mass is 238 g/mol. The Morgan fingerprint density at radius 3 is 1.88 bits per heavy atom. The van der Waals surface area contributed by atoms with Crippen molar-refractivity contribution >= 4 is 11.9 Å². The Labute approximate surface area is 101 Å². The Bertz CT molecular complexity index is 348. The van der Waals surface area contributed by atoms with Gasteiger partial charge in [-0.1, -0.05) is 5.57 Å². The molecule has 2 aliphatic rings. The second-order valence-electron chi connectivity index (χ2n) is 4.73. The Morgan fingerprint density at radius 1 is 1.00 bits per heavy atom. The molecule has 0 aliphatic heterocycles.